The molecule has 0 atom stereocenters. The van der Waals surface area contributed by atoms with Crippen molar-refractivity contribution in [2.24, 2.45) is 5.73 Å². The van der Waals surface area contributed by atoms with Crippen LogP contribution in [0, 0.1) is 0 Å². The first kappa shape index (κ1) is 13.8. The lowest BCUT2D eigenvalue weighted by Crippen LogP contribution is -2.40. The molecule has 1 aliphatic heterocycles. The SMILES string of the molecule is NC1CCN(c2ncc(Cc3ccc(O)cc3)cn2)CC1. The summed E-state index contributed by atoms with van der Waals surface area (Å²) in [7, 11) is 0. The third kappa shape index (κ3) is 3.49. The molecule has 3 N–H and O–H groups in total. The average molecular weight is 284 g/mol. The molecule has 21 heavy (non-hydrogen) atoms. The predicted molar refractivity (Wildman–Crippen MR) is 82.4 cm³/mol. The Labute approximate surface area is 124 Å². The van der Waals surface area contributed by atoms with Crippen molar-refractivity contribution in [3.63, 3.8) is 0 Å². The van der Waals surface area contributed by atoms with E-state index < -0.39 is 0 Å². The molecular weight excluding hydrogens is 264 g/mol. The molecule has 1 aromatic heterocycles. The van der Waals surface area contributed by atoms with E-state index in [4.69, 9.17) is 5.73 Å². The number of piperidine rings is 1. The molecule has 3 rings (SSSR count). The first-order chi connectivity index (χ1) is 10.2. The van der Waals surface area contributed by atoms with Gasteiger partial charge in [-0.15, -0.1) is 0 Å². The highest BCUT2D eigenvalue weighted by Gasteiger charge is 2.17. The van der Waals surface area contributed by atoms with Gasteiger partial charge in [-0.25, -0.2) is 9.97 Å². The van der Waals surface area contributed by atoms with Crippen LogP contribution < -0.4 is 10.6 Å². The maximum Gasteiger partial charge on any atom is 0.225 e. The van der Waals surface area contributed by atoms with Gasteiger partial charge in [-0.3, -0.25) is 0 Å². The molecule has 1 aliphatic rings. The van der Waals surface area contributed by atoms with Crippen molar-refractivity contribution >= 4 is 5.95 Å². The van der Waals surface area contributed by atoms with Gasteiger partial charge in [0.05, 0.1) is 0 Å². The quantitative estimate of drug-likeness (QED) is 0.897. The third-order valence-corrected chi connectivity index (χ3v) is 3.86. The number of nitrogens with zero attached hydrogens (tertiary/aromatic N) is 3. The molecule has 0 unspecified atom stereocenters. The van der Waals surface area contributed by atoms with E-state index in [2.05, 4.69) is 14.9 Å². The van der Waals surface area contributed by atoms with E-state index in [1.807, 2.05) is 24.5 Å². The molecular formula is C16H20N4O. The fraction of sp³-hybridized carbons (Fsp3) is 0.375. The molecule has 1 aromatic carbocycles. The number of anilines is 1. The topological polar surface area (TPSA) is 75.3 Å². The van der Waals surface area contributed by atoms with Gasteiger partial charge in [0.25, 0.3) is 0 Å². The Balaban J connectivity index is 1.65. The maximum absolute atomic E-state index is 9.28. The highest BCUT2D eigenvalue weighted by atomic mass is 16.3. The van der Waals surface area contributed by atoms with Gasteiger partial charge >= 0.3 is 0 Å². The van der Waals surface area contributed by atoms with Gasteiger partial charge in [0.15, 0.2) is 0 Å². The molecule has 0 saturated carbocycles. The van der Waals surface area contributed by atoms with E-state index in [1.165, 1.54) is 0 Å². The lowest BCUT2D eigenvalue weighted by Gasteiger charge is -2.30. The third-order valence-electron chi connectivity index (χ3n) is 3.86. The lowest BCUT2D eigenvalue weighted by atomic mass is 10.1. The number of benzene rings is 1. The van der Waals surface area contributed by atoms with Crippen LogP contribution in [0.1, 0.15) is 24.0 Å². The van der Waals surface area contributed by atoms with Crippen molar-refractivity contribution in [2.75, 3.05) is 18.0 Å². The summed E-state index contributed by atoms with van der Waals surface area (Å²) in [5, 5.41) is 9.28. The monoisotopic (exact) mass is 284 g/mol. The van der Waals surface area contributed by atoms with Gasteiger partial charge < -0.3 is 15.7 Å². The number of nitrogens with two attached hydrogens (primary N) is 1. The fourth-order valence-electron chi connectivity index (χ4n) is 2.55. The minimum atomic E-state index is 0.286. The van der Waals surface area contributed by atoms with Gasteiger partial charge in [0.2, 0.25) is 5.95 Å². The van der Waals surface area contributed by atoms with Crippen molar-refractivity contribution in [3.05, 3.63) is 47.8 Å². The molecule has 110 valence electrons. The second kappa shape index (κ2) is 6.10. The van der Waals surface area contributed by atoms with Gasteiger partial charge in [-0.1, -0.05) is 12.1 Å². The van der Waals surface area contributed by atoms with Crippen LogP contribution in [0.5, 0.6) is 5.75 Å². The summed E-state index contributed by atoms with van der Waals surface area (Å²) in [6, 6.07) is 7.53. The van der Waals surface area contributed by atoms with Crippen LogP contribution in [0.25, 0.3) is 0 Å². The number of phenolic OH excluding ortho intramolecular Hbond substituents is 1. The van der Waals surface area contributed by atoms with E-state index in [0.29, 0.717) is 6.04 Å². The first-order valence-corrected chi connectivity index (χ1v) is 7.30. The second-order valence-corrected chi connectivity index (χ2v) is 5.56. The summed E-state index contributed by atoms with van der Waals surface area (Å²) in [5.74, 6) is 1.07. The van der Waals surface area contributed by atoms with E-state index in [-0.39, 0.29) is 5.75 Å². The first-order valence-electron chi connectivity index (χ1n) is 7.30. The molecule has 5 nitrogen and oxygen atoms in total. The minimum absolute atomic E-state index is 0.286. The zero-order valence-electron chi connectivity index (χ0n) is 11.9. The minimum Gasteiger partial charge on any atom is -0.508 e. The largest absolute Gasteiger partial charge is 0.508 e. The number of hydrogen-bond donors (Lipinski definition) is 2. The Hall–Kier alpha value is -2.14. The van der Waals surface area contributed by atoms with Gasteiger partial charge in [-0.05, 0) is 36.1 Å². The van der Waals surface area contributed by atoms with E-state index >= 15 is 0 Å². The molecule has 0 bridgehead atoms. The van der Waals surface area contributed by atoms with Crippen molar-refractivity contribution in [1.82, 2.24) is 9.97 Å². The summed E-state index contributed by atoms with van der Waals surface area (Å²) in [4.78, 5) is 11.1. The molecule has 0 radical (unpaired) electrons. The van der Waals surface area contributed by atoms with Crippen molar-refractivity contribution in [2.45, 2.75) is 25.3 Å². The molecule has 2 heterocycles. The van der Waals surface area contributed by atoms with Crippen LogP contribution >= 0.6 is 0 Å². The van der Waals surface area contributed by atoms with Gasteiger partial charge in [0, 0.05) is 37.9 Å². The smallest absolute Gasteiger partial charge is 0.225 e. The Bertz CT molecular complexity index is 574. The van der Waals surface area contributed by atoms with Crippen LogP contribution in [-0.2, 0) is 6.42 Å². The standard InChI is InChI=1S/C16H20N4O/c17-14-5-7-20(8-6-14)16-18-10-13(11-19-16)9-12-1-3-15(21)4-2-12/h1-4,10-11,14,21H,5-9,17H2. The van der Waals surface area contributed by atoms with Gasteiger partial charge in [-0.2, -0.15) is 0 Å². The summed E-state index contributed by atoms with van der Waals surface area (Å²) < 4.78 is 0. The van der Waals surface area contributed by atoms with Crippen LogP contribution in [-0.4, -0.2) is 34.2 Å². The Morgan fingerprint density at radius 1 is 1.05 bits per heavy atom. The predicted octanol–water partition coefficient (Wildman–Crippen LogP) is 1.70. The molecule has 1 fully saturated rings. The molecule has 0 spiro atoms. The fourth-order valence-corrected chi connectivity index (χ4v) is 2.55. The van der Waals surface area contributed by atoms with Crippen molar-refractivity contribution < 1.29 is 5.11 Å². The number of phenols is 1. The molecule has 1 saturated heterocycles. The number of rotatable bonds is 3. The van der Waals surface area contributed by atoms with Crippen LogP contribution in [0.3, 0.4) is 0 Å². The van der Waals surface area contributed by atoms with Crippen LogP contribution in [0.15, 0.2) is 36.7 Å². The zero-order valence-corrected chi connectivity index (χ0v) is 11.9. The van der Waals surface area contributed by atoms with Gasteiger partial charge in [0.1, 0.15) is 5.75 Å². The zero-order chi connectivity index (χ0) is 14.7. The molecule has 0 aliphatic carbocycles. The second-order valence-electron chi connectivity index (χ2n) is 5.56. The highest BCUT2D eigenvalue weighted by Crippen LogP contribution is 2.16. The van der Waals surface area contributed by atoms with Crippen LogP contribution in [0.4, 0.5) is 5.95 Å². The van der Waals surface area contributed by atoms with E-state index in [9.17, 15) is 5.11 Å². The maximum atomic E-state index is 9.28. The summed E-state index contributed by atoms with van der Waals surface area (Å²) in [6.07, 6.45) is 6.52. The number of aromatic nitrogens is 2. The summed E-state index contributed by atoms with van der Waals surface area (Å²) in [5.41, 5.74) is 8.11. The number of hydrogen-bond acceptors (Lipinski definition) is 5. The highest BCUT2D eigenvalue weighted by molar-refractivity contribution is 5.33. The Morgan fingerprint density at radius 3 is 2.29 bits per heavy atom. The Kier molecular flexibility index (Phi) is 4.01. The molecule has 0 amide bonds. The van der Waals surface area contributed by atoms with Crippen LogP contribution in [0.2, 0.25) is 0 Å². The normalized spacial score (nSPS) is 16.1. The summed E-state index contributed by atoms with van der Waals surface area (Å²) >= 11 is 0. The van der Waals surface area contributed by atoms with Crippen molar-refractivity contribution in [3.8, 4) is 5.75 Å². The van der Waals surface area contributed by atoms with Crippen molar-refractivity contribution in [1.29, 1.82) is 0 Å². The Morgan fingerprint density at radius 2 is 1.67 bits per heavy atom. The van der Waals surface area contributed by atoms with E-state index in [1.54, 1.807) is 12.1 Å². The average Bonchev–Trinajstić information content (AvgIpc) is 2.51. The molecule has 2 aromatic rings. The summed E-state index contributed by atoms with van der Waals surface area (Å²) in [6.45, 7) is 1.86. The number of aromatic hydroxyl groups is 1. The molecule has 5 heteroatoms. The lowest BCUT2D eigenvalue weighted by molar-refractivity contribution is 0.475. The van der Waals surface area contributed by atoms with E-state index in [0.717, 1.165) is 49.4 Å².